The van der Waals surface area contributed by atoms with E-state index in [1.54, 1.807) is 7.11 Å². The van der Waals surface area contributed by atoms with Crippen LogP contribution < -0.4 is 5.32 Å². The lowest BCUT2D eigenvalue weighted by Gasteiger charge is -2.21. The smallest absolute Gasteiger partial charge is 0.326 e. The molecule has 0 bridgehead atoms. The summed E-state index contributed by atoms with van der Waals surface area (Å²) in [6.07, 6.45) is 0.781. The van der Waals surface area contributed by atoms with Gasteiger partial charge in [-0.3, -0.25) is 4.79 Å². The van der Waals surface area contributed by atoms with Crippen molar-refractivity contribution >= 4 is 11.9 Å². The maximum absolute atomic E-state index is 12.3. The van der Waals surface area contributed by atoms with Crippen molar-refractivity contribution in [3.63, 3.8) is 0 Å². The van der Waals surface area contributed by atoms with Crippen molar-refractivity contribution in [3.05, 3.63) is 0 Å². The van der Waals surface area contributed by atoms with Gasteiger partial charge in [-0.05, 0) is 32.6 Å². The van der Waals surface area contributed by atoms with E-state index in [0.717, 1.165) is 0 Å². The van der Waals surface area contributed by atoms with Gasteiger partial charge in [0.1, 0.15) is 6.04 Å². The van der Waals surface area contributed by atoms with Crippen LogP contribution in [0, 0.1) is 11.8 Å². The number of carboxylic acids is 1. The molecule has 1 saturated heterocycles. The van der Waals surface area contributed by atoms with E-state index >= 15 is 0 Å². The van der Waals surface area contributed by atoms with Crippen LogP contribution in [-0.4, -0.2) is 48.9 Å². The molecule has 0 aromatic rings. The highest BCUT2D eigenvalue weighted by Gasteiger charge is 2.42. The molecule has 6 heteroatoms. The topological polar surface area (TPSA) is 84.9 Å². The lowest BCUT2D eigenvalue weighted by Crippen LogP contribution is -2.46. The highest BCUT2D eigenvalue weighted by atomic mass is 16.5. The van der Waals surface area contributed by atoms with Crippen molar-refractivity contribution in [3.8, 4) is 0 Å². The molecule has 2 N–H and O–H groups in total. The fourth-order valence-electron chi connectivity index (χ4n) is 2.68. The summed E-state index contributed by atoms with van der Waals surface area (Å²) in [6.45, 7) is 6.22. The third-order valence-electron chi connectivity index (χ3n) is 4.00. The van der Waals surface area contributed by atoms with Gasteiger partial charge >= 0.3 is 5.97 Å². The Labute approximate surface area is 119 Å². The van der Waals surface area contributed by atoms with Gasteiger partial charge in [-0.15, -0.1) is 0 Å². The van der Waals surface area contributed by atoms with E-state index in [-0.39, 0.29) is 30.0 Å². The number of carbonyl (C=O) groups is 2. The molecule has 0 aliphatic carbocycles. The summed E-state index contributed by atoms with van der Waals surface area (Å²) in [5, 5.41) is 11.8. The molecule has 5 unspecified atom stereocenters. The summed E-state index contributed by atoms with van der Waals surface area (Å²) in [5.74, 6) is -1.46. The number of methoxy groups -OCH3 is 1. The molecular weight excluding hydrogens is 262 g/mol. The summed E-state index contributed by atoms with van der Waals surface area (Å²) in [6, 6.07) is -0.868. The predicted molar refractivity (Wildman–Crippen MR) is 73.3 cm³/mol. The van der Waals surface area contributed by atoms with Crippen molar-refractivity contribution < 1.29 is 24.2 Å². The molecule has 116 valence electrons. The maximum atomic E-state index is 12.3. The number of nitrogens with one attached hydrogen (secondary N) is 1. The second-order valence-electron chi connectivity index (χ2n) is 5.47. The molecular formula is C14H25NO5. The summed E-state index contributed by atoms with van der Waals surface area (Å²) >= 11 is 0. The Morgan fingerprint density at radius 1 is 1.30 bits per heavy atom. The van der Waals surface area contributed by atoms with Gasteiger partial charge in [-0.25, -0.2) is 4.79 Å². The molecule has 0 aromatic heterocycles. The van der Waals surface area contributed by atoms with Crippen LogP contribution >= 0.6 is 0 Å². The minimum absolute atomic E-state index is 0.0116. The average molecular weight is 287 g/mol. The van der Waals surface area contributed by atoms with Gasteiger partial charge in [0.25, 0.3) is 0 Å². The molecule has 0 saturated carbocycles. The van der Waals surface area contributed by atoms with Crippen molar-refractivity contribution in [2.45, 2.75) is 51.9 Å². The van der Waals surface area contributed by atoms with E-state index in [1.807, 2.05) is 20.8 Å². The predicted octanol–water partition coefficient (Wildman–Crippen LogP) is 1.04. The maximum Gasteiger partial charge on any atom is 0.326 e. The van der Waals surface area contributed by atoms with Crippen LogP contribution in [0.2, 0.25) is 0 Å². The zero-order chi connectivity index (χ0) is 15.3. The minimum Gasteiger partial charge on any atom is -0.480 e. The molecule has 0 spiro atoms. The van der Waals surface area contributed by atoms with Crippen LogP contribution in [0.3, 0.4) is 0 Å². The van der Waals surface area contributed by atoms with Gasteiger partial charge in [0.15, 0.2) is 0 Å². The van der Waals surface area contributed by atoms with E-state index in [2.05, 4.69) is 5.32 Å². The summed E-state index contributed by atoms with van der Waals surface area (Å²) in [4.78, 5) is 23.5. The normalized spacial score (nSPS) is 31.0. The highest BCUT2D eigenvalue weighted by Crippen LogP contribution is 2.32. The molecule has 1 rings (SSSR count). The number of aliphatic carboxylic acids is 1. The summed E-state index contributed by atoms with van der Waals surface area (Å²) in [5.41, 5.74) is 0. The number of rotatable bonds is 7. The van der Waals surface area contributed by atoms with E-state index in [0.29, 0.717) is 19.4 Å². The van der Waals surface area contributed by atoms with E-state index in [1.165, 1.54) is 0 Å². The first-order valence-electron chi connectivity index (χ1n) is 7.06. The first-order chi connectivity index (χ1) is 9.38. The van der Waals surface area contributed by atoms with Crippen molar-refractivity contribution in [2.24, 2.45) is 11.8 Å². The third-order valence-corrected chi connectivity index (χ3v) is 4.00. The van der Waals surface area contributed by atoms with Gasteiger partial charge < -0.3 is 19.9 Å². The fraction of sp³-hybridized carbons (Fsp3) is 0.857. The molecule has 0 aromatic carbocycles. The van der Waals surface area contributed by atoms with Crippen LogP contribution in [0.15, 0.2) is 0 Å². The summed E-state index contributed by atoms with van der Waals surface area (Å²) < 4.78 is 10.5. The molecule has 1 heterocycles. The first-order valence-corrected chi connectivity index (χ1v) is 7.06. The second-order valence-corrected chi connectivity index (χ2v) is 5.47. The zero-order valence-corrected chi connectivity index (χ0v) is 12.6. The number of hydrogen-bond donors (Lipinski definition) is 2. The lowest BCUT2D eigenvalue weighted by atomic mass is 9.88. The number of carboxylic acid groups (broad SMARTS) is 1. The zero-order valence-electron chi connectivity index (χ0n) is 12.6. The van der Waals surface area contributed by atoms with Crippen molar-refractivity contribution in [1.82, 2.24) is 5.32 Å². The number of carbonyl (C=O) groups excluding carboxylic acids is 1. The Morgan fingerprint density at radius 2 is 1.95 bits per heavy atom. The average Bonchev–Trinajstić information content (AvgIpc) is 2.62. The standard InChI is InChI=1S/C14H25NO5/c1-8-9(2)20-10(3)12(8)13(16)15-11(14(17)18)6-5-7-19-4/h8-12H,5-7H2,1-4H3,(H,15,16)(H,17,18). The van der Waals surface area contributed by atoms with Crippen molar-refractivity contribution in [2.75, 3.05) is 13.7 Å². The largest absolute Gasteiger partial charge is 0.480 e. The molecule has 1 amide bonds. The Hall–Kier alpha value is -1.14. The van der Waals surface area contributed by atoms with E-state index < -0.39 is 12.0 Å². The van der Waals surface area contributed by atoms with Gasteiger partial charge in [0, 0.05) is 13.7 Å². The van der Waals surface area contributed by atoms with Crippen LogP contribution in [0.5, 0.6) is 0 Å². The SMILES string of the molecule is COCCCC(NC(=O)C1C(C)OC(C)C1C)C(=O)O. The van der Waals surface area contributed by atoms with Crippen LogP contribution in [0.25, 0.3) is 0 Å². The molecule has 1 fully saturated rings. The Morgan fingerprint density at radius 3 is 2.40 bits per heavy atom. The van der Waals surface area contributed by atoms with Gasteiger partial charge in [-0.2, -0.15) is 0 Å². The van der Waals surface area contributed by atoms with Crippen LogP contribution in [0.4, 0.5) is 0 Å². The fourth-order valence-corrected chi connectivity index (χ4v) is 2.68. The molecule has 5 atom stereocenters. The van der Waals surface area contributed by atoms with Crippen LogP contribution in [-0.2, 0) is 19.1 Å². The van der Waals surface area contributed by atoms with Gasteiger partial charge in [0.2, 0.25) is 5.91 Å². The molecule has 6 nitrogen and oxygen atoms in total. The molecule has 0 radical (unpaired) electrons. The number of amides is 1. The van der Waals surface area contributed by atoms with E-state index in [9.17, 15) is 9.59 Å². The Balaban J connectivity index is 2.59. The number of ether oxygens (including phenoxy) is 2. The van der Waals surface area contributed by atoms with Crippen molar-refractivity contribution in [1.29, 1.82) is 0 Å². The quantitative estimate of drug-likeness (QED) is 0.683. The highest BCUT2D eigenvalue weighted by molar-refractivity contribution is 5.85. The first kappa shape index (κ1) is 16.9. The van der Waals surface area contributed by atoms with E-state index in [4.69, 9.17) is 14.6 Å². The molecule has 1 aliphatic heterocycles. The number of hydrogen-bond acceptors (Lipinski definition) is 4. The Bertz CT molecular complexity index is 346. The van der Waals surface area contributed by atoms with Gasteiger partial charge in [-0.1, -0.05) is 6.92 Å². The summed E-state index contributed by atoms with van der Waals surface area (Å²) in [7, 11) is 1.56. The van der Waals surface area contributed by atoms with Gasteiger partial charge in [0.05, 0.1) is 18.1 Å². The third kappa shape index (κ3) is 4.18. The monoisotopic (exact) mass is 287 g/mol. The lowest BCUT2D eigenvalue weighted by molar-refractivity contribution is -0.143. The molecule has 20 heavy (non-hydrogen) atoms. The second kappa shape index (κ2) is 7.59. The Kier molecular flexibility index (Phi) is 6.42. The molecule has 1 aliphatic rings. The van der Waals surface area contributed by atoms with Crippen LogP contribution in [0.1, 0.15) is 33.6 Å². The minimum atomic E-state index is -1.01.